The minimum absolute atomic E-state index is 0.0763. The summed E-state index contributed by atoms with van der Waals surface area (Å²) in [4.78, 5) is 35.0. The third kappa shape index (κ3) is 4.59. The van der Waals surface area contributed by atoms with Crippen LogP contribution in [0.15, 0.2) is 24.3 Å². The zero-order valence-electron chi connectivity index (χ0n) is 12.2. The molecule has 0 saturated carbocycles. The van der Waals surface area contributed by atoms with E-state index in [4.69, 9.17) is 9.47 Å². The third-order valence-electron chi connectivity index (χ3n) is 2.85. The summed E-state index contributed by atoms with van der Waals surface area (Å²) >= 11 is 0. The molecule has 0 radical (unpaired) electrons. The highest BCUT2D eigenvalue weighted by atomic mass is 16.6. The Morgan fingerprint density at radius 1 is 1.14 bits per heavy atom. The highest BCUT2D eigenvalue weighted by Gasteiger charge is 2.31. The molecule has 0 aromatic heterocycles. The maximum Gasteiger partial charge on any atom is 0.355 e. The van der Waals surface area contributed by atoms with Gasteiger partial charge in [-0.15, -0.1) is 0 Å². The number of rotatable bonds is 6. The number of carbonyl (C=O) groups is 3. The molecule has 6 heteroatoms. The second-order valence-corrected chi connectivity index (χ2v) is 4.49. The summed E-state index contributed by atoms with van der Waals surface area (Å²) in [6, 6.07) is 6.00. The molecule has 0 bridgehead atoms. The van der Waals surface area contributed by atoms with Gasteiger partial charge in [0.2, 0.25) is 0 Å². The van der Waals surface area contributed by atoms with Crippen molar-refractivity contribution in [3.8, 4) is 5.75 Å². The van der Waals surface area contributed by atoms with E-state index in [1.165, 1.54) is 12.1 Å². The number of benzene rings is 1. The summed E-state index contributed by atoms with van der Waals surface area (Å²) in [6.45, 7) is 4.42. The monoisotopic (exact) mass is 294 g/mol. The van der Waals surface area contributed by atoms with Crippen LogP contribution in [0.2, 0.25) is 0 Å². The van der Waals surface area contributed by atoms with Gasteiger partial charge in [-0.05, 0) is 38.5 Å². The van der Waals surface area contributed by atoms with E-state index >= 15 is 0 Å². The Morgan fingerprint density at radius 2 is 1.71 bits per heavy atom. The van der Waals surface area contributed by atoms with Crippen LogP contribution in [0.3, 0.4) is 0 Å². The van der Waals surface area contributed by atoms with Crippen molar-refractivity contribution in [2.24, 2.45) is 0 Å². The van der Waals surface area contributed by atoms with Crippen molar-refractivity contribution in [2.75, 3.05) is 6.61 Å². The number of carbonyl (C=O) groups excluding carboxylic acids is 3. The zero-order chi connectivity index (χ0) is 16.0. The molecule has 0 heterocycles. The van der Waals surface area contributed by atoms with Gasteiger partial charge >= 0.3 is 11.9 Å². The van der Waals surface area contributed by atoms with Crippen LogP contribution < -0.4 is 0 Å². The van der Waals surface area contributed by atoms with Crippen molar-refractivity contribution >= 4 is 17.7 Å². The Bertz CT molecular complexity index is 519. The number of phenolic OH excluding ortho intramolecular Hbond substituents is 1. The summed E-state index contributed by atoms with van der Waals surface area (Å²) in [5.41, 5.74) is 0.601. The number of hydrogen-bond donors (Lipinski definition) is 1. The van der Waals surface area contributed by atoms with Crippen LogP contribution in [0, 0.1) is 0 Å². The second-order valence-electron chi connectivity index (χ2n) is 4.49. The van der Waals surface area contributed by atoms with Crippen molar-refractivity contribution in [1.82, 2.24) is 0 Å². The van der Waals surface area contributed by atoms with Crippen LogP contribution in [0.5, 0.6) is 5.75 Å². The predicted molar refractivity (Wildman–Crippen MR) is 73.7 cm³/mol. The normalized spacial score (nSPS) is 13.1. The van der Waals surface area contributed by atoms with Gasteiger partial charge in [-0.25, -0.2) is 4.79 Å². The van der Waals surface area contributed by atoms with Gasteiger partial charge in [-0.2, -0.15) is 0 Å². The van der Waals surface area contributed by atoms with Crippen LogP contribution in [-0.4, -0.2) is 35.5 Å². The van der Waals surface area contributed by atoms with E-state index < -0.39 is 29.7 Å². The van der Waals surface area contributed by atoms with Crippen molar-refractivity contribution < 1.29 is 29.0 Å². The lowest BCUT2D eigenvalue weighted by Crippen LogP contribution is -2.36. The van der Waals surface area contributed by atoms with Gasteiger partial charge < -0.3 is 14.6 Å². The molecular formula is C15H18O6. The van der Waals surface area contributed by atoms with Crippen molar-refractivity contribution in [2.45, 2.75) is 32.8 Å². The van der Waals surface area contributed by atoms with Gasteiger partial charge in [0.25, 0.3) is 6.10 Å². The van der Waals surface area contributed by atoms with E-state index in [2.05, 4.69) is 0 Å². The zero-order valence-corrected chi connectivity index (χ0v) is 12.2. The van der Waals surface area contributed by atoms with Crippen LogP contribution in [0.4, 0.5) is 0 Å². The van der Waals surface area contributed by atoms with Crippen LogP contribution in [0.1, 0.15) is 32.3 Å². The molecule has 0 aliphatic carbocycles. The number of hydrogen-bond acceptors (Lipinski definition) is 6. The van der Waals surface area contributed by atoms with Gasteiger partial charge in [-0.3, -0.25) is 9.59 Å². The van der Waals surface area contributed by atoms with Crippen LogP contribution in [0.25, 0.3) is 0 Å². The minimum Gasteiger partial charge on any atom is -0.508 e. The minimum atomic E-state index is -1.54. The van der Waals surface area contributed by atoms with Crippen LogP contribution in [-0.2, 0) is 23.9 Å². The topological polar surface area (TPSA) is 89.9 Å². The summed E-state index contributed by atoms with van der Waals surface area (Å²) in [7, 11) is 0. The molecule has 2 unspecified atom stereocenters. The maximum absolute atomic E-state index is 12.0. The van der Waals surface area contributed by atoms with E-state index in [9.17, 15) is 19.5 Å². The molecule has 21 heavy (non-hydrogen) atoms. The SMILES string of the molecule is CCOC(=O)C(OC(=O)C(C)c1ccc(O)cc1)C(C)=O. The molecule has 6 nitrogen and oxygen atoms in total. The number of ether oxygens (including phenoxy) is 2. The largest absolute Gasteiger partial charge is 0.508 e. The molecule has 0 fully saturated rings. The van der Waals surface area contributed by atoms with E-state index in [0.717, 1.165) is 6.92 Å². The molecular weight excluding hydrogens is 276 g/mol. The first kappa shape index (κ1) is 16.7. The number of phenols is 1. The van der Waals surface area contributed by atoms with Crippen LogP contribution >= 0.6 is 0 Å². The average molecular weight is 294 g/mol. The Hall–Kier alpha value is -2.37. The number of aromatic hydroxyl groups is 1. The molecule has 0 spiro atoms. The van der Waals surface area contributed by atoms with E-state index in [1.54, 1.807) is 26.0 Å². The van der Waals surface area contributed by atoms with Gasteiger partial charge in [-0.1, -0.05) is 12.1 Å². The molecule has 2 atom stereocenters. The Labute approximate surface area is 122 Å². The van der Waals surface area contributed by atoms with E-state index in [1.807, 2.05) is 0 Å². The Morgan fingerprint density at radius 3 is 2.19 bits per heavy atom. The first-order valence-corrected chi connectivity index (χ1v) is 6.53. The molecule has 0 saturated heterocycles. The fraction of sp³-hybridized carbons (Fsp3) is 0.400. The second kappa shape index (κ2) is 7.42. The molecule has 1 aromatic carbocycles. The lowest BCUT2D eigenvalue weighted by molar-refractivity contribution is -0.171. The third-order valence-corrected chi connectivity index (χ3v) is 2.85. The number of Topliss-reactive ketones (excluding diaryl/α,β-unsaturated/α-hetero) is 1. The summed E-state index contributed by atoms with van der Waals surface area (Å²) in [5.74, 6) is -2.79. The number of ketones is 1. The highest BCUT2D eigenvalue weighted by Crippen LogP contribution is 2.20. The summed E-state index contributed by atoms with van der Waals surface area (Å²) in [6.07, 6.45) is -1.54. The molecule has 1 N–H and O–H groups in total. The Kier molecular flexibility index (Phi) is 5.90. The standard InChI is InChI=1S/C15H18O6/c1-4-20-15(19)13(10(3)16)21-14(18)9(2)11-5-7-12(17)8-6-11/h5-9,13,17H,4H2,1-3H3. The van der Waals surface area contributed by atoms with E-state index in [0.29, 0.717) is 5.56 Å². The lowest BCUT2D eigenvalue weighted by Gasteiger charge is -2.17. The van der Waals surface area contributed by atoms with Gasteiger partial charge in [0, 0.05) is 0 Å². The lowest BCUT2D eigenvalue weighted by atomic mass is 10.0. The average Bonchev–Trinajstić information content (AvgIpc) is 2.44. The molecule has 1 aromatic rings. The summed E-state index contributed by atoms with van der Waals surface area (Å²) < 4.78 is 9.64. The highest BCUT2D eigenvalue weighted by molar-refractivity contribution is 6.02. The first-order chi connectivity index (χ1) is 9.86. The van der Waals surface area contributed by atoms with Crippen molar-refractivity contribution in [3.05, 3.63) is 29.8 Å². The predicted octanol–water partition coefficient (Wildman–Crippen LogP) is 1.56. The van der Waals surface area contributed by atoms with Crippen molar-refractivity contribution in [3.63, 3.8) is 0 Å². The fourth-order valence-corrected chi connectivity index (χ4v) is 1.63. The molecule has 0 aliphatic heterocycles. The van der Waals surface area contributed by atoms with Crippen molar-refractivity contribution in [1.29, 1.82) is 0 Å². The van der Waals surface area contributed by atoms with Gasteiger partial charge in [0.05, 0.1) is 12.5 Å². The maximum atomic E-state index is 12.0. The van der Waals surface area contributed by atoms with E-state index in [-0.39, 0.29) is 12.4 Å². The molecule has 0 amide bonds. The van der Waals surface area contributed by atoms with Gasteiger partial charge in [0.15, 0.2) is 5.78 Å². The fourth-order valence-electron chi connectivity index (χ4n) is 1.63. The molecule has 114 valence electrons. The molecule has 1 rings (SSSR count). The quantitative estimate of drug-likeness (QED) is 0.632. The Balaban J connectivity index is 2.79. The summed E-state index contributed by atoms with van der Waals surface area (Å²) in [5, 5.41) is 9.21. The molecule has 0 aliphatic rings. The van der Waals surface area contributed by atoms with Gasteiger partial charge in [0.1, 0.15) is 5.75 Å². The number of esters is 2. The first-order valence-electron chi connectivity index (χ1n) is 6.53. The smallest absolute Gasteiger partial charge is 0.355 e.